The van der Waals surface area contributed by atoms with E-state index in [2.05, 4.69) is 52.9 Å². The highest BCUT2D eigenvalue weighted by molar-refractivity contribution is 7.99. The van der Waals surface area contributed by atoms with Crippen molar-refractivity contribution in [1.29, 1.82) is 0 Å². The summed E-state index contributed by atoms with van der Waals surface area (Å²) in [4.78, 5) is 13.8. The molecule has 1 N–H and O–H groups in total. The van der Waals surface area contributed by atoms with Crippen molar-refractivity contribution in [2.45, 2.75) is 37.8 Å². The molecule has 0 bridgehead atoms. The van der Waals surface area contributed by atoms with E-state index in [4.69, 9.17) is 0 Å². The lowest BCUT2D eigenvalue weighted by atomic mass is 9.99. The number of aromatic nitrogens is 3. The first kappa shape index (κ1) is 22.3. The standard InChI is InChI=1S/C25H26N4OS2/c1-3-18(2)19-11-13-20(14-12-19)26-24(30)17-32-25-28-27-23(16-22-10-7-15-31-22)29(25)21-8-5-4-6-9-21/h4-15,18H,3,16-17H2,1-2H3,(H,26,30)/t18-/m1/s1. The zero-order valence-corrected chi connectivity index (χ0v) is 19.8. The van der Waals surface area contributed by atoms with Gasteiger partial charge in [-0.1, -0.05) is 62.0 Å². The van der Waals surface area contributed by atoms with Crippen LogP contribution in [0, 0.1) is 0 Å². The Morgan fingerprint density at radius 2 is 1.84 bits per heavy atom. The normalized spacial score (nSPS) is 11.9. The first-order valence-corrected chi connectivity index (χ1v) is 12.5. The van der Waals surface area contributed by atoms with Gasteiger partial charge >= 0.3 is 0 Å². The van der Waals surface area contributed by atoms with E-state index in [9.17, 15) is 4.79 Å². The highest BCUT2D eigenvalue weighted by atomic mass is 32.2. The number of carbonyl (C=O) groups is 1. The minimum atomic E-state index is -0.0614. The third-order valence-electron chi connectivity index (χ3n) is 5.34. The highest BCUT2D eigenvalue weighted by Gasteiger charge is 2.16. The Balaban J connectivity index is 1.45. The predicted octanol–water partition coefficient (Wildman–Crippen LogP) is 6.16. The topological polar surface area (TPSA) is 59.8 Å². The molecule has 0 radical (unpaired) electrons. The van der Waals surface area contributed by atoms with Crippen LogP contribution < -0.4 is 5.32 Å². The molecule has 5 nitrogen and oxygen atoms in total. The van der Waals surface area contributed by atoms with Crippen molar-refractivity contribution in [2.75, 3.05) is 11.1 Å². The number of hydrogen-bond acceptors (Lipinski definition) is 5. The molecule has 2 aromatic carbocycles. The van der Waals surface area contributed by atoms with Crippen LogP contribution in [0.25, 0.3) is 5.69 Å². The van der Waals surface area contributed by atoms with Crippen LogP contribution in [0.4, 0.5) is 5.69 Å². The quantitative estimate of drug-likeness (QED) is 0.303. The van der Waals surface area contributed by atoms with Gasteiger partial charge in [-0.3, -0.25) is 9.36 Å². The van der Waals surface area contributed by atoms with Gasteiger partial charge in [0.25, 0.3) is 0 Å². The second-order valence-electron chi connectivity index (χ2n) is 7.59. The van der Waals surface area contributed by atoms with Crippen LogP contribution in [0.3, 0.4) is 0 Å². The zero-order chi connectivity index (χ0) is 22.3. The predicted molar refractivity (Wildman–Crippen MR) is 133 cm³/mol. The van der Waals surface area contributed by atoms with Gasteiger partial charge in [0.2, 0.25) is 5.91 Å². The number of thiophene rings is 1. The molecular formula is C25H26N4OS2. The molecule has 1 amide bonds. The summed E-state index contributed by atoms with van der Waals surface area (Å²) in [6.07, 6.45) is 1.80. The summed E-state index contributed by atoms with van der Waals surface area (Å²) in [6, 6.07) is 22.3. The number of nitrogens with one attached hydrogen (secondary N) is 1. The first-order valence-electron chi connectivity index (χ1n) is 10.7. The van der Waals surface area contributed by atoms with Crippen LogP contribution in [0.2, 0.25) is 0 Å². The third kappa shape index (κ3) is 5.47. The third-order valence-corrected chi connectivity index (χ3v) is 7.14. The number of amides is 1. The van der Waals surface area contributed by atoms with E-state index in [0.717, 1.165) is 23.6 Å². The molecule has 7 heteroatoms. The van der Waals surface area contributed by atoms with Crippen LogP contribution in [0.15, 0.2) is 77.3 Å². The van der Waals surface area contributed by atoms with Crippen LogP contribution in [0.5, 0.6) is 0 Å². The van der Waals surface area contributed by atoms with E-state index >= 15 is 0 Å². The van der Waals surface area contributed by atoms with E-state index in [-0.39, 0.29) is 11.7 Å². The molecule has 0 saturated carbocycles. The minimum Gasteiger partial charge on any atom is -0.325 e. The molecule has 4 rings (SSSR count). The Labute approximate surface area is 196 Å². The van der Waals surface area contributed by atoms with Gasteiger partial charge in [0.1, 0.15) is 5.82 Å². The van der Waals surface area contributed by atoms with Crippen molar-refractivity contribution < 1.29 is 4.79 Å². The number of benzene rings is 2. The van der Waals surface area contributed by atoms with Crippen molar-refractivity contribution in [1.82, 2.24) is 14.8 Å². The lowest BCUT2D eigenvalue weighted by Crippen LogP contribution is -2.14. The molecule has 0 aliphatic heterocycles. The number of nitrogens with zero attached hydrogens (tertiary/aromatic N) is 3. The van der Waals surface area contributed by atoms with Gasteiger partial charge in [-0.25, -0.2) is 0 Å². The summed E-state index contributed by atoms with van der Waals surface area (Å²) in [7, 11) is 0. The molecule has 32 heavy (non-hydrogen) atoms. The number of anilines is 1. The highest BCUT2D eigenvalue weighted by Crippen LogP contribution is 2.25. The Morgan fingerprint density at radius 3 is 2.53 bits per heavy atom. The maximum absolute atomic E-state index is 12.6. The molecule has 0 unspecified atom stereocenters. The van der Waals surface area contributed by atoms with Crippen LogP contribution in [0.1, 0.15) is 42.5 Å². The fourth-order valence-corrected chi connectivity index (χ4v) is 4.84. The number of para-hydroxylation sites is 1. The monoisotopic (exact) mass is 462 g/mol. The average Bonchev–Trinajstić information content (AvgIpc) is 3.48. The van der Waals surface area contributed by atoms with E-state index in [1.807, 2.05) is 53.1 Å². The number of carbonyl (C=O) groups excluding carboxylic acids is 1. The van der Waals surface area contributed by atoms with Gasteiger partial charge in [0, 0.05) is 22.7 Å². The molecule has 1 atom stereocenters. The largest absolute Gasteiger partial charge is 0.325 e. The Bertz CT molecular complexity index is 1140. The van der Waals surface area contributed by atoms with Gasteiger partial charge in [-0.05, 0) is 53.6 Å². The van der Waals surface area contributed by atoms with Crippen molar-refractivity contribution in [3.63, 3.8) is 0 Å². The van der Waals surface area contributed by atoms with E-state index in [1.165, 1.54) is 22.2 Å². The molecule has 2 heterocycles. The average molecular weight is 463 g/mol. The number of rotatable bonds is 9. The molecule has 0 spiro atoms. The second-order valence-corrected chi connectivity index (χ2v) is 9.57. The van der Waals surface area contributed by atoms with Crippen LogP contribution >= 0.6 is 23.1 Å². The van der Waals surface area contributed by atoms with Gasteiger partial charge in [-0.15, -0.1) is 21.5 Å². The molecule has 0 aliphatic rings. The smallest absolute Gasteiger partial charge is 0.234 e. The number of thioether (sulfide) groups is 1. The lowest BCUT2D eigenvalue weighted by molar-refractivity contribution is -0.113. The molecular weight excluding hydrogens is 436 g/mol. The van der Waals surface area contributed by atoms with E-state index in [1.54, 1.807) is 11.3 Å². The molecule has 2 aromatic heterocycles. The summed E-state index contributed by atoms with van der Waals surface area (Å²) in [5, 5.41) is 14.6. The summed E-state index contributed by atoms with van der Waals surface area (Å²) >= 11 is 3.10. The fourth-order valence-electron chi connectivity index (χ4n) is 3.37. The van der Waals surface area contributed by atoms with Gasteiger partial charge in [0.15, 0.2) is 5.16 Å². The second kappa shape index (κ2) is 10.6. The maximum Gasteiger partial charge on any atom is 0.234 e. The maximum atomic E-state index is 12.6. The molecule has 0 aliphatic carbocycles. The molecule has 0 fully saturated rings. The zero-order valence-electron chi connectivity index (χ0n) is 18.2. The molecule has 164 valence electrons. The summed E-state index contributed by atoms with van der Waals surface area (Å²) < 4.78 is 2.04. The van der Waals surface area contributed by atoms with Gasteiger partial charge < -0.3 is 5.32 Å². The van der Waals surface area contributed by atoms with Gasteiger partial charge in [-0.2, -0.15) is 0 Å². The SMILES string of the molecule is CC[C@@H](C)c1ccc(NC(=O)CSc2nnc(Cc3cccs3)n2-c2ccccc2)cc1. The van der Waals surface area contributed by atoms with Crippen LogP contribution in [-0.4, -0.2) is 26.4 Å². The van der Waals surface area contributed by atoms with Crippen molar-refractivity contribution >= 4 is 34.7 Å². The van der Waals surface area contributed by atoms with Crippen molar-refractivity contribution in [3.8, 4) is 5.69 Å². The fraction of sp³-hybridized carbons (Fsp3) is 0.240. The Hall–Kier alpha value is -2.90. The van der Waals surface area contributed by atoms with E-state index in [0.29, 0.717) is 17.5 Å². The first-order chi connectivity index (χ1) is 15.6. The van der Waals surface area contributed by atoms with Crippen molar-refractivity contribution in [2.24, 2.45) is 0 Å². The van der Waals surface area contributed by atoms with Gasteiger partial charge in [0.05, 0.1) is 5.75 Å². The summed E-state index contributed by atoms with van der Waals surface area (Å²) in [6.45, 7) is 4.39. The van der Waals surface area contributed by atoms with Crippen molar-refractivity contribution in [3.05, 3.63) is 88.4 Å². The van der Waals surface area contributed by atoms with Crippen LogP contribution in [-0.2, 0) is 11.2 Å². The Morgan fingerprint density at radius 1 is 1.06 bits per heavy atom. The lowest BCUT2D eigenvalue weighted by Gasteiger charge is -2.11. The minimum absolute atomic E-state index is 0.0614. The molecule has 0 saturated heterocycles. The van der Waals surface area contributed by atoms with E-state index < -0.39 is 0 Å². The molecule has 4 aromatic rings. The summed E-state index contributed by atoms with van der Waals surface area (Å²) in [5.41, 5.74) is 3.09. The summed E-state index contributed by atoms with van der Waals surface area (Å²) in [5.74, 6) is 1.58. The Kier molecular flexibility index (Phi) is 7.39. The number of hydrogen-bond donors (Lipinski definition) is 1.